The van der Waals surface area contributed by atoms with Gasteiger partial charge >= 0.3 is 0 Å². The summed E-state index contributed by atoms with van der Waals surface area (Å²) in [6, 6.07) is 0. The number of hydrogen-bond donors (Lipinski definition) is 4. The largest absolute Gasteiger partial charge is 0.394 e. The van der Waals surface area contributed by atoms with Gasteiger partial charge in [0.05, 0.1) is 6.61 Å². The van der Waals surface area contributed by atoms with Crippen molar-refractivity contribution < 1.29 is 25.2 Å². The number of aliphatic hydroxyl groups excluding tert-OH is 3. The summed E-state index contributed by atoms with van der Waals surface area (Å²) in [5, 5.41) is 36.0. The molecule has 1 rings (SSSR count). The molecule has 0 amide bonds. The van der Waals surface area contributed by atoms with Crippen LogP contribution in [0.2, 0.25) is 0 Å². The minimum atomic E-state index is -1.76. The molecule has 0 aromatic carbocycles. The summed E-state index contributed by atoms with van der Waals surface area (Å²) in [6.45, 7) is 0.810. The molecule has 0 aromatic rings. The molecule has 5 nitrogen and oxygen atoms in total. The summed E-state index contributed by atoms with van der Waals surface area (Å²) in [5.74, 6) is -1.76. The SMILES string of the molecule is CC1(O)O[C@@H](CO)[C@H](O)[C@@H]1O. The van der Waals surface area contributed by atoms with Crippen molar-refractivity contribution >= 4 is 0 Å². The van der Waals surface area contributed by atoms with Gasteiger partial charge in [0.15, 0.2) is 5.79 Å². The topological polar surface area (TPSA) is 90.2 Å². The van der Waals surface area contributed by atoms with Crippen molar-refractivity contribution in [1.82, 2.24) is 0 Å². The molecule has 1 aliphatic rings. The molecule has 1 unspecified atom stereocenters. The lowest BCUT2D eigenvalue weighted by molar-refractivity contribution is -0.217. The second-order valence-corrected chi connectivity index (χ2v) is 2.83. The Balaban J connectivity index is 2.69. The summed E-state index contributed by atoms with van der Waals surface area (Å²) in [7, 11) is 0. The molecule has 0 radical (unpaired) electrons. The van der Waals surface area contributed by atoms with Gasteiger partial charge in [-0.05, 0) is 6.92 Å². The van der Waals surface area contributed by atoms with E-state index < -0.39 is 30.7 Å². The van der Waals surface area contributed by atoms with Crippen LogP contribution in [0.25, 0.3) is 0 Å². The maximum Gasteiger partial charge on any atom is 0.192 e. The second-order valence-electron chi connectivity index (χ2n) is 2.83. The summed E-state index contributed by atoms with van der Waals surface area (Å²) >= 11 is 0. The molecule has 0 saturated carbocycles. The molecule has 0 spiro atoms. The third-order valence-electron chi connectivity index (χ3n) is 1.82. The van der Waals surface area contributed by atoms with E-state index >= 15 is 0 Å². The van der Waals surface area contributed by atoms with Gasteiger partial charge in [-0.15, -0.1) is 0 Å². The van der Waals surface area contributed by atoms with Crippen LogP contribution >= 0.6 is 0 Å². The molecule has 0 aliphatic carbocycles. The monoisotopic (exact) mass is 164 g/mol. The minimum absolute atomic E-state index is 0.422. The normalized spacial score (nSPS) is 51.5. The van der Waals surface area contributed by atoms with Crippen LogP contribution in [0.4, 0.5) is 0 Å². The third kappa shape index (κ3) is 1.38. The van der Waals surface area contributed by atoms with Crippen LogP contribution in [0.1, 0.15) is 6.92 Å². The molecule has 1 saturated heterocycles. The van der Waals surface area contributed by atoms with Crippen molar-refractivity contribution in [1.29, 1.82) is 0 Å². The van der Waals surface area contributed by atoms with Gasteiger partial charge < -0.3 is 25.2 Å². The van der Waals surface area contributed by atoms with Gasteiger partial charge in [-0.3, -0.25) is 0 Å². The van der Waals surface area contributed by atoms with E-state index in [1.54, 1.807) is 0 Å². The molecular formula is C6H12O5. The molecule has 11 heavy (non-hydrogen) atoms. The maximum atomic E-state index is 9.19. The number of aliphatic hydroxyl groups is 4. The van der Waals surface area contributed by atoms with E-state index in [0.717, 1.165) is 0 Å². The van der Waals surface area contributed by atoms with Crippen molar-refractivity contribution in [3.63, 3.8) is 0 Å². The second kappa shape index (κ2) is 2.69. The Morgan fingerprint density at radius 1 is 1.45 bits per heavy atom. The Morgan fingerprint density at radius 2 is 2.00 bits per heavy atom. The maximum absolute atomic E-state index is 9.19. The van der Waals surface area contributed by atoms with Crippen LogP contribution in [0.3, 0.4) is 0 Å². The van der Waals surface area contributed by atoms with E-state index in [9.17, 15) is 5.11 Å². The fourth-order valence-electron chi connectivity index (χ4n) is 1.11. The fourth-order valence-corrected chi connectivity index (χ4v) is 1.11. The van der Waals surface area contributed by atoms with Crippen LogP contribution in [0, 0.1) is 0 Å². The van der Waals surface area contributed by atoms with Crippen molar-refractivity contribution in [2.24, 2.45) is 0 Å². The van der Waals surface area contributed by atoms with Crippen LogP contribution in [0.15, 0.2) is 0 Å². The Hall–Kier alpha value is -0.200. The van der Waals surface area contributed by atoms with E-state index in [1.807, 2.05) is 0 Å². The Kier molecular flexibility index (Phi) is 2.17. The molecule has 1 aliphatic heterocycles. The average molecular weight is 164 g/mol. The number of ether oxygens (including phenoxy) is 1. The summed E-state index contributed by atoms with van der Waals surface area (Å²) < 4.78 is 4.73. The van der Waals surface area contributed by atoms with Crippen LogP contribution in [-0.4, -0.2) is 51.1 Å². The Morgan fingerprint density at radius 3 is 2.18 bits per heavy atom. The van der Waals surface area contributed by atoms with Crippen LogP contribution in [-0.2, 0) is 4.74 Å². The first-order valence-corrected chi connectivity index (χ1v) is 3.36. The van der Waals surface area contributed by atoms with E-state index in [0.29, 0.717) is 0 Å². The highest BCUT2D eigenvalue weighted by atomic mass is 16.7. The summed E-state index contributed by atoms with van der Waals surface area (Å²) in [4.78, 5) is 0. The lowest BCUT2D eigenvalue weighted by Gasteiger charge is -2.19. The van der Waals surface area contributed by atoms with Gasteiger partial charge in [-0.25, -0.2) is 0 Å². The Labute approximate surface area is 63.8 Å². The van der Waals surface area contributed by atoms with Crippen molar-refractivity contribution in [2.75, 3.05) is 6.61 Å². The van der Waals surface area contributed by atoms with E-state index in [1.165, 1.54) is 6.92 Å². The van der Waals surface area contributed by atoms with Gasteiger partial charge in [-0.2, -0.15) is 0 Å². The lowest BCUT2D eigenvalue weighted by Crippen LogP contribution is -2.40. The van der Waals surface area contributed by atoms with Crippen LogP contribution in [0.5, 0.6) is 0 Å². The first-order chi connectivity index (χ1) is 4.99. The highest BCUT2D eigenvalue weighted by molar-refractivity contribution is 4.92. The van der Waals surface area contributed by atoms with Gasteiger partial charge in [0.25, 0.3) is 0 Å². The molecule has 66 valence electrons. The third-order valence-corrected chi connectivity index (χ3v) is 1.82. The smallest absolute Gasteiger partial charge is 0.192 e. The first-order valence-electron chi connectivity index (χ1n) is 3.36. The predicted octanol–water partition coefficient (Wildman–Crippen LogP) is -2.19. The number of rotatable bonds is 1. The molecular weight excluding hydrogens is 152 g/mol. The summed E-state index contributed by atoms with van der Waals surface area (Å²) in [5.41, 5.74) is 0. The molecule has 1 fully saturated rings. The summed E-state index contributed by atoms with van der Waals surface area (Å²) in [6.07, 6.45) is -3.49. The highest BCUT2D eigenvalue weighted by Gasteiger charge is 2.49. The van der Waals surface area contributed by atoms with Crippen molar-refractivity contribution in [2.45, 2.75) is 31.0 Å². The van der Waals surface area contributed by atoms with Gasteiger partial charge in [0.2, 0.25) is 0 Å². The first kappa shape index (κ1) is 8.89. The fraction of sp³-hybridized carbons (Fsp3) is 1.00. The van der Waals surface area contributed by atoms with E-state index in [4.69, 9.17) is 20.1 Å². The van der Waals surface area contributed by atoms with Gasteiger partial charge in [-0.1, -0.05) is 0 Å². The molecule has 4 atom stereocenters. The van der Waals surface area contributed by atoms with E-state index in [-0.39, 0.29) is 0 Å². The number of hydrogen-bond acceptors (Lipinski definition) is 5. The van der Waals surface area contributed by atoms with Crippen molar-refractivity contribution in [3.05, 3.63) is 0 Å². The standard InChI is InChI=1S/C6H12O5/c1-6(10)5(9)4(8)3(2-7)11-6/h3-5,7-10H,2H2,1H3/t3-,4-,5-,6?/m0/s1. The quantitative estimate of drug-likeness (QED) is 0.353. The lowest BCUT2D eigenvalue weighted by atomic mass is 10.1. The van der Waals surface area contributed by atoms with Gasteiger partial charge in [0, 0.05) is 0 Å². The average Bonchev–Trinajstić information content (AvgIpc) is 2.13. The minimum Gasteiger partial charge on any atom is -0.394 e. The van der Waals surface area contributed by atoms with Gasteiger partial charge in [0.1, 0.15) is 18.3 Å². The zero-order chi connectivity index (χ0) is 8.65. The van der Waals surface area contributed by atoms with E-state index in [2.05, 4.69) is 0 Å². The highest BCUT2D eigenvalue weighted by Crippen LogP contribution is 2.27. The zero-order valence-corrected chi connectivity index (χ0v) is 6.14. The van der Waals surface area contributed by atoms with Crippen molar-refractivity contribution in [3.8, 4) is 0 Å². The van der Waals surface area contributed by atoms with Crippen LogP contribution < -0.4 is 0 Å². The molecule has 5 heteroatoms. The molecule has 4 N–H and O–H groups in total. The Bertz CT molecular complexity index is 146. The predicted molar refractivity (Wildman–Crippen MR) is 34.6 cm³/mol. The molecule has 0 bridgehead atoms. The zero-order valence-electron chi connectivity index (χ0n) is 6.14. The molecule has 0 aromatic heterocycles. The molecule has 1 heterocycles.